The molecule has 0 spiro atoms. The van der Waals surface area contributed by atoms with Crippen LogP contribution in [0.3, 0.4) is 0 Å². The molecule has 0 aromatic rings. The molecule has 0 radical (unpaired) electrons. The minimum atomic E-state index is -4.33. The van der Waals surface area contributed by atoms with Gasteiger partial charge in [-0.3, -0.25) is 9.98 Å². The maximum atomic E-state index is 11.7. The highest BCUT2D eigenvalue weighted by atomic mass is 19.4. The highest BCUT2D eigenvalue weighted by Gasteiger charge is 2.34. The summed E-state index contributed by atoms with van der Waals surface area (Å²) in [4.78, 5) is 6.69. The van der Waals surface area contributed by atoms with E-state index in [0.717, 1.165) is 6.21 Å². The SMILES string of the molecule is FC(F)(F)C1=NCCN=C1. The average Bonchev–Trinajstić information content (AvgIpc) is 1.88. The quantitative estimate of drug-likeness (QED) is 0.493. The molecular weight excluding hydrogens is 145 g/mol. The third kappa shape index (κ3) is 1.55. The molecule has 0 unspecified atom stereocenters. The van der Waals surface area contributed by atoms with Gasteiger partial charge in [-0.05, 0) is 0 Å². The molecule has 0 aliphatic carbocycles. The van der Waals surface area contributed by atoms with E-state index in [-0.39, 0.29) is 6.54 Å². The van der Waals surface area contributed by atoms with E-state index in [1.807, 2.05) is 0 Å². The second-order valence-electron chi connectivity index (χ2n) is 1.80. The van der Waals surface area contributed by atoms with Crippen LogP contribution in [-0.2, 0) is 0 Å². The Labute approximate surface area is 55.5 Å². The number of hydrogen-bond donors (Lipinski definition) is 0. The van der Waals surface area contributed by atoms with Crippen molar-refractivity contribution in [3.05, 3.63) is 0 Å². The average molecular weight is 150 g/mol. The van der Waals surface area contributed by atoms with Crippen LogP contribution in [0.25, 0.3) is 0 Å². The lowest BCUT2D eigenvalue weighted by Crippen LogP contribution is -2.26. The minimum absolute atomic E-state index is 0.144. The normalized spacial score (nSPS) is 18.9. The summed E-state index contributed by atoms with van der Waals surface area (Å²) in [6.45, 7) is 0.505. The molecule has 0 bridgehead atoms. The van der Waals surface area contributed by atoms with Crippen LogP contribution in [0.5, 0.6) is 0 Å². The van der Waals surface area contributed by atoms with Crippen LogP contribution in [0.2, 0.25) is 0 Å². The maximum absolute atomic E-state index is 11.7. The highest BCUT2D eigenvalue weighted by Crippen LogP contribution is 2.17. The van der Waals surface area contributed by atoms with Crippen molar-refractivity contribution >= 4 is 11.9 Å². The van der Waals surface area contributed by atoms with Crippen molar-refractivity contribution in [2.75, 3.05) is 13.1 Å². The largest absolute Gasteiger partial charge is 0.434 e. The molecule has 0 N–H and O–H groups in total. The fourth-order valence-corrected chi connectivity index (χ4v) is 0.583. The van der Waals surface area contributed by atoms with Gasteiger partial charge in [0.15, 0.2) is 5.71 Å². The van der Waals surface area contributed by atoms with Crippen LogP contribution in [-0.4, -0.2) is 31.2 Å². The topological polar surface area (TPSA) is 24.7 Å². The molecule has 0 atom stereocenters. The van der Waals surface area contributed by atoms with E-state index in [4.69, 9.17) is 0 Å². The van der Waals surface area contributed by atoms with Crippen molar-refractivity contribution < 1.29 is 13.2 Å². The molecule has 1 rings (SSSR count). The molecular formula is C5H5F3N2. The monoisotopic (exact) mass is 150 g/mol. The summed E-state index contributed by atoms with van der Waals surface area (Å²) in [5, 5.41) is 0. The molecule has 56 valence electrons. The zero-order chi connectivity index (χ0) is 7.61. The number of nitrogens with zero attached hydrogens (tertiary/aromatic N) is 2. The number of halogens is 3. The van der Waals surface area contributed by atoms with Crippen molar-refractivity contribution in [3.63, 3.8) is 0 Å². The van der Waals surface area contributed by atoms with Gasteiger partial charge in [0, 0.05) is 0 Å². The molecule has 1 aliphatic heterocycles. The Hall–Kier alpha value is -0.870. The van der Waals surface area contributed by atoms with Gasteiger partial charge in [-0.15, -0.1) is 0 Å². The number of aliphatic imine (C=N–C) groups is 2. The fourth-order valence-electron chi connectivity index (χ4n) is 0.583. The third-order valence-electron chi connectivity index (χ3n) is 1.02. The zero-order valence-corrected chi connectivity index (χ0v) is 5.02. The predicted molar refractivity (Wildman–Crippen MR) is 31.7 cm³/mol. The van der Waals surface area contributed by atoms with Crippen LogP contribution >= 0.6 is 0 Å². The lowest BCUT2D eigenvalue weighted by atomic mass is 10.3. The molecule has 0 amide bonds. The van der Waals surface area contributed by atoms with Crippen molar-refractivity contribution in [1.29, 1.82) is 0 Å². The molecule has 2 nitrogen and oxygen atoms in total. The zero-order valence-electron chi connectivity index (χ0n) is 5.02. The smallest absolute Gasteiger partial charge is 0.289 e. The molecule has 1 heterocycles. The maximum Gasteiger partial charge on any atom is 0.434 e. The Kier molecular flexibility index (Phi) is 1.74. The van der Waals surface area contributed by atoms with Crippen molar-refractivity contribution in [1.82, 2.24) is 0 Å². The predicted octanol–water partition coefficient (Wildman–Crippen LogP) is 1.07. The molecule has 0 saturated carbocycles. The van der Waals surface area contributed by atoms with Gasteiger partial charge in [0.05, 0.1) is 19.3 Å². The van der Waals surface area contributed by atoms with Gasteiger partial charge in [0.1, 0.15) is 0 Å². The standard InChI is InChI=1S/C5H5F3N2/c6-5(7,8)4-3-9-1-2-10-4/h3H,1-2H2. The summed E-state index contributed by atoms with van der Waals surface area (Å²) in [5.41, 5.74) is -0.876. The first-order chi connectivity index (χ1) is 4.61. The van der Waals surface area contributed by atoms with Gasteiger partial charge in [-0.25, -0.2) is 0 Å². The Balaban J connectivity index is 2.73. The first kappa shape index (κ1) is 7.24. The molecule has 0 aromatic carbocycles. The van der Waals surface area contributed by atoms with Crippen molar-refractivity contribution in [3.8, 4) is 0 Å². The molecule has 1 aliphatic rings. The molecule has 5 heteroatoms. The first-order valence-corrected chi connectivity index (χ1v) is 2.72. The van der Waals surface area contributed by atoms with Crippen molar-refractivity contribution in [2.45, 2.75) is 6.18 Å². The van der Waals surface area contributed by atoms with Gasteiger partial charge in [-0.1, -0.05) is 0 Å². The second kappa shape index (κ2) is 2.40. The Morgan fingerprint density at radius 2 is 2.00 bits per heavy atom. The van der Waals surface area contributed by atoms with Gasteiger partial charge < -0.3 is 0 Å². The number of rotatable bonds is 0. The summed E-state index contributed by atoms with van der Waals surface area (Å²) < 4.78 is 35.2. The molecule has 10 heavy (non-hydrogen) atoms. The van der Waals surface area contributed by atoms with Crippen LogP contribution in [0.15, 0.2) is 9.98 Å². The first-order valence-electron chi connectivity index (χ1n) is 2.72. The van der Waals surface area contributed by atoms with Gasteiger partial charge in [0.25, 0.3) is 0 Å². The Bertz CT molecular complexity index is 180. The van der Waals surface area contributed by atoms with Gasteiger partial charge in [0.2, 0.25) is 0 Å². The summed E-state index contributed by atoms with van der Waals surface area (Å²) in [5.74, 6) is 0. The Morgan fingerprint density at radius 1 is 1.30 bits per heavy atom. The van der Waals surface area contributed by atoms with E-state index in [1.54, 1.807) is 0 Å². The third-order valence-corrected chi connectivity index (χ3v) is 1.02. The lowest BCUT2D eigenvalue weighted by molar-refractivity contribution is -0.0566. The van der Waals surface area contributed by atoms with Crippen LogP contribution in [0.1, 0.15) is 0 Å². The van der Waals surface area contributed by atoms with E-state index >= 15 is 0 Å². The number of alkyl halides is 3. The van der Waals surface area contributed by atoms with E-state index in [1.165, 1.54) is 0 Å². The fraction of sp³-hybridized carbons (Fsp3) is 0.600. The van der Waals surface area contributed by atoms with Crippen LogP contribution in [0.4, 0.5) is 13.2 Å². The van der Waals surface area contributed by atoms with Gasteiger partial charge >= 0.3 is 6.18 Å². The summed E-state index contributed by atoms with van der Waals surface area (Å²) >= 11 is 0. The molecule has 0 aromatic heterocycles. The molecule has 0 saturated heterocycles. The van der Waals surface area contributed by atoms with Crippen LogP contribution < -0.4 is 0 Å². The molecule has 0 fully saturated rings. The summed E-state index contributed by atoms with van der Waals surface area (Å²) in [6, 6.07) is 0. The summed E-state index contributed by atoms with van der Waals surface area (Å²) in [7, 11) is 0. The van der Waals surface area contributed by atoms with E-state index in [2.05, 4.69) is 9.98 Å². The van der Waals surface area contributed by atoms with Gasteiger partial charge in [-0.2, -0.15) is 13.2 Å². The Morgan fingerprint density at radius 3 is 2.30 bits per heavy atom. The van der Waals surface area contributed by atoms with E-state index < -0.39 is 11.9 Å². The van der Waals surface area contributed by atoms with Crippen LogP contribution in [0, 0.1) is 0 Å². The summed E-state index contributed by atoms with van der Waals surface area (Å²) in [6.07, 6.45) is -3.56. The minimum Gasteiger partial charge on any atom is -0.289 e. The number of hydrogen-bond acceptors (Lipinski definition) is 2. The second-order valence-corrected chi connectivity index (χ2v) is 1.80. The van der Waals surface area contributed by atoms with E-state index in [0.29, 0.717) is 6.54 Å². The lowest BCUT2D eigenvalue weighted by Gasteiger charge is -2.07. The highest BCUT2D eigenvalue weighted by molar-refractivity contribution is 6.33. The van der Waals surface area contributed by atoms with E-state index in [9.17, 15) is 13.2 Å². The van der Waals surface area contributed by atoms with Crippen molar-refractivity contribution in [2.24, 2.45) is 9.98 Å².